The fourth-order valence-electron chi connectivity index (χ4n) is 4.34. The first-order valence-electron chi connectivity index (χ1n) is 9.44. The van der Waals surface area contributed by atoms with Crippen molar-refractivity contribution in [3.8, 4) is 0 Å². The first-order valence-corrected chi connectivity index (χ1v) is 9.44. The summed E-state index contributed by atoms with van der Waals surface area (Å²) in [5, 5.41) is 3.38. The Kier molecular flexibility index (Phi) is 9.95. The summed E-state index contributed by atoms with van der Waals surface area (Å²) in [4.78, 5) is 17.5. The van der Waals surface area contributed by atoms with E-state index in [2.05, 4.69) is 22.0 Å². The quantitative estimate of drug-likeness (QED) is 0.818. The molecular weight excluding hydrogens is 345 g/mol. The fourth-order valence-corrected chi connectivity index (χ4v) is 4.34. The maximum absolute atomic E-state index is 12.7. The molecule has 3 fully saturated rings. The Morgan fingerprint density at radius 1 is 1.04 bits per heavy atom. The highest BCUT2D eigenvalue weighted by molar-refractivity contribution is 5.85. The number of hydrogen-bond donors (Lipinski definition) is 1. The predicted octanol–water partition coefficient (Wildman–Crippen LogP) is 2.80. The van der Waals surface area contributed by atoms with Gasteiger partial charge < -0.3 is 15.1 Å². The molecule has 0 aromatic heterocycles. The van der Waals surface area contributed by atoms with E-state index in [0.717, 1.165) is 44.9 Å². The first-order chi connectivity index (χ1) is 10.7. The molecule has 3 aliphatic rings. The Morgan fingerprint density at radius 2 is 1.79 bits per heavy atom. The summed E-state index contributed by atoms with van der Waals surface area (Å²) in [7, 11) is 0. The molecule has 4 nitrogen and oxygen atoms in total. The van der Waals surface area contributed by atoms with Crippen molar-refractivity contribution < 1.29 is 4.79 Å². The van der Waals surface area contributed by atoms with E-state index in [4.69, 9.17) is 0 Å². The van der Waals surface area contributed by atoms with Gasteiger partial charge in [-0.05, 0) is 70.0 Å². The monoisotopic (exact) mass is 379 g/mol. The number of amides is 1. The van der Waals surface area contributed by atoms with Crippen molar-refractivity contribution in [1.29, 1.82) is 0 Å². The van der Waals surface area contributed by atoms with Gasteiger partial charge in [-0.1, -0.05) is 6.92 Å². The van der Waals surface area contributed by atoms with E-state index in [1.807, 2.05) is 0 Å². The van der Waals surface area contributed by atoms with Crippen molar-refractivity contribution in [2.75, 3.05) is 45.8 Å². The number of nitrogens with zero attached hydrogens (tertiary/aromatic N) is 2. The van der Waals surface area contributed by atoms with Gasteiger partial charge in [0.25, 0.3) is 0 Å². The Bertz CT molecular complexity index is 369. The number of halogens is 2. The summed E-state index contributed by atoms with van der Waals surface area (Å²) in [6, 6.07) is 0. The van der Waals surface area contributed by atoms with Crippen LogP contribution in [0.4, 0.5) is 0 Å². The van der Waals surface area contributed by atoms with E-state index < -0.39 is 0 Å². The van der Waals surface area contributed by atoms with Crippen molar-refractivity contribution in [2.24, 2.45) is 17.8 Å². The maximum Gasteiger partial charge on any atom is 0.226 e. The lowest BCUT2D eigenvalue weighted by atomic mass is 9.92. The molecule has 0 spiro atoms. The highest BCUT2D eigenvalue weighted by Crippen LogP contribution is 2.23. The Labute approximate surface area is 159 Å². The largest absolute Gasteiger partial charge is 0.342 e. The minimum atomic E-state index is 0. The number of piperidine rings is 3. The fraction of sp³-hybridized carbons (Fsp3) is 0.944. The van der Waals surface area contributed by atoms with Crippen LogP contribution in [0.25, 0.3) is 0 Å². The second-order valence-electron chi connectivity index (χ2n) is 7.82. The highest BCUT2D eigenvalue weighted by atomic mass is 35.5. The highest BCUT2D eigenvalue weighted by Gasteiger charge is 2.30. The van der Waals surface area contributed by atoms with Gasteiger partial charge in [-0.25, -0.2) is 0 Å². The lowest BCUT2D eigenvalue weighted by Crippen LogP contribution is -2.49. The van der Waals surface area contributed by atoms with Crippen LogP contribution in [0.2, 0.25) is 0 Å². The zero-order valence-corrected chi connectivity index (χ0v) is 16.7. The lowest BCUT2D eigenvalue weighted by Gasteiger charge is -2.39. The van der Waals surface area contributed by atoms with E-state index in [9.17, 15) is 4.79 Å². The number of likely N-dealkylation sites (tertiary alicyclic amines) is 2. The summed E-state index contributed by atoms with van der Waals surface area (Å²) in [6.45, 7) is 10.1. The van der Waals surface area contributed by atoms with E-state index in [-0.39, 0.29) is 30.7 Å². The van der Waals surface area contributed by atoms with Crippen LogP contribution >= 0.6 is 24.8 Å². The maximum atomic E-state index is 12.7. The molecule has 3 heterocycles. The minimum absolute atomic E-state index is 0. The minimum Gasteiger partial charge on any atom is -0.342 e. The molecule has 3 saturated heterocycles. The Hall–Kier alpha value is -0.0300. The number of carbonyl (C=O) groups excluding carboxylic acids is 1. The average molecular weight is 380 g/mol. The molecule has 2 unspecified atom stereocenters. The van der Waals surface area contributed by atoms with Gasteiger partial charge in [0.2, 0.25) is 5.91 Å². The second kappa shape index (κ2) is 10.8. The molecule has 24 heavy (non-hydrogen) atoms. The van der Waals surface area contributed by atoms with Gasteiger partial charge in [-0.3, -0.25) is 4.79 Å². The van der Waals surface area contributed by atoms with Crippen LogP contribution in [-0.2, 0) is 4.79 Å². The molecule has 0 saturated carbocycles. The zero-order chi connectivity index (χ0) is 15.4. The van der Waals surface area contributed by atoms with Crippen LogP contribution in [0.15, 0.2) is 0 Å². The molecule has 0 aliphatic carbocycles. The summed E-state index contributed by atoms with van der Waals surface area (Å²) in [5.41, 5.74) is 0. The molecular formula is C18H35Cl2N3O. The Balaban J connectivity index is 0.00000144. The molecule has 0 aromatic carbocycles. The molecule has 1 N–H and O–H groups in total. The normalized spacial score (nSPS) is 29.5. The molecule has 142 valence electrons. The van der Waals surface area contributed by atoms with E-state index >= 15 is 0 Å². The van der Waals surface area contributed by atoms with Gasteiger partial charge in [0, 0.05) is 26.2 Å². The molecule has 6 heteroatoms. The van der Waals surface area contributed by atoms with E-state index in [0.29, 0.717) is 11.8 Å². The zero-order valence-electron chi connectivity index (χ0n) is 15.0. The standard InChI is InChI=1S/C18H33N3O.2ClH/c1-15-6-10-20(11-7-15)13-16-4-3-9-21(14-16)18(22)17-5-2-8-19-12-17;;/h15-17,19H,2-14H2,1H3;2*1H. The predicted molar refractivity (Wildman–Crippen MR) is 104 cm³/mol. The number of hydrogen-bond acceptors (Lipinski definition) is 3. The van der Waals surface area contributed by atoms with Crippen LogP contribution in [0, 0.1) is 17.8 Å². The first kappa shape index (κ1) is 22.0. The summed E-state index contributed by atoms with van der Waals surface area (Å²) in [6.07, 6.45) is 7.43. The molecule has 1 amide bonds. The van der Waals surface area contributed by atoms with Crippen molar-refractivity contribution in [2.45, 2.75) is 45.4 Å². The molecule has 0 radical (unpaired) electrons. The van der Waals surface area contributed by atoms with Crippen LogP contribution in [0.3, 0.4) is 0 Å². The van der Waals surface area contributed by atoms with Crippen LogP contribution in [0.1, 0.15) is 45.4 Å². The molecule has 0 aromatic rings. The molecule has 2 atom stereocenters. The summed E-state index contributed by atoms with van der Waals surface area (Å²) in [5.74, 6) is 2.26. The third kappa shape index (κ3) is 6.05. The van der Waals surface area contributed by atoms with Crippen LogP contribution in [0.5, 0.6) is 0 Å². The lowest BCUT2D eigenvalue weighted by molar-refractivity contribution is -0.138. The van der Waals surface area contributed by atoms with Crippen molar-refractivity contribution >= 4 is 30.7 Å². The number of carbonyl (C=O) groups is 1. The van der Waals surface area contributed by atoms with Gasteiger partial charge in [-0.2, -0.15) is 0 Å². The summed E-state index contributed by atoms with van der Waals surface area (Å²) >= 11 is 0. The number of rotatable bonds is 3. The SMILES string of the molecule is CC1CCN(CC2CCCN(C(=O)C3CCCNC3)C2)CC1.Cl.Cl. The topological polar surface area (TPSA) is 35.6 Å². The van der Waals surface area contributed by atoms with Crippen LogP contribution in [-0.4, -0.2) is 61.5 Å². The molecule has 3 aliphatic heterocycles. The van der Waals surface area contributed by atoms with E-state index in [1.165, 1.54) is 45.3 Å². The van der Waals surface area contributed by atoms with Gasteiger partial charge >= 0.3 is 0 Å². The van der Waals surface area contributed by atoms with Crippen LogP contribution < -0.4 is 5.32 Å². The smallest absolute Gasteiger partial charge is 0.226 e. The van der Waals surface area contributed by atoms with Gasteiger partial charge in [-0.15, -0.1) is 24.8 Å². The van der Waals surface area contributed by atoms with Crippen molar-refractivity contribution in [1.82, 2.24) is 15.1 Å². The van der Waals surface area contributed by atoms with Crippen molar-refractivity contribution in [3.63, 3.8) is 0 Å². The van der Waals surface area contributed by atoms with E-state index in [1.54, 1.807) is 0 Å². The second-order valence-corrected chi connectivity index (χ2v) is 7.82. The number of nitrogens with one attached hydrogen (secondary N) is 1. The Morgan fingerprint density at radius 3 is 2.46 bits per heavy atom. The third-order valence-corrected chi connectivity index (χ3v) is 5.87. The van der Waals surface area contributed by atoms with Gasteiger partial charge in [0.15, 0.2) is 0 Å². The van der Waals surface area contributed by atoms with Gasteiger partial charge in [0.05, 0.1) is 5.92 Å². The molecule has 3 rings (SSSR count). The molecule has 0 bridgehead atoms. The average Bonchev–Trinajstić information content (AvgIpc) is 2.57. The van der Waals surface area contributed by atoms with Crippen molar-refractivity contribution in [3.05, 3.63) is 0 Å². The third-order valence-electron chi connectivity index (χ3n) is 5.87. The summed E-state index contributed by atoms with van der Waals surface area (Å²) < 4.78 is 0. The van der Waals surface area contributed by atoms with Gasteiger partial charge in [0.1, 0.15) is 0 Å².